The second-order valence-electron chi connectivity index (χ2n) is 5.41. The average Bonchev–Trinajstić information content (AvgIpc) is 2.86. The zero-order valence-corrected chi connectivity index (χ0v) is 13.2. The fourth-order valence-electron chi connectivity index (χ4n) is 2.59. The predicted octanol–water partition coefficient (Wildman–Crippen LogP) is 2.79. The quantitative estimate of drug-likeness (QED) is 0.798. The van der Waals surface area contributed by atoms with Crippen molar-refractivity contribution < 1.29 is 18.3 Å². The van der Waals surface area contributed by atoms with E-state index in [4.69, 9.17) is 0 Å². The summed E-state index contributed by atoms with van der Waals surface area (Å²) in [6.07, 6.45) is 2.78. The Labute approximate surface area is 133 Å². The summed E-state index contributed by atoms with van der Waals surface area (Å²) in [6.45, 7) is 0.470. The van der Waals surface area contributed by atoms with Crippen LogP contribution in [0.15, 0.2) is 59.6 Å². The summed E-state index contributed by atoms with van der Waals surface area (Å²) < 4.78 is 24.8. The Morgan fingerprint density at radius 2 is 1.74 bits per heavy atom. The third-order valence-corrected chi connectivity index (χ3v) is 4.85. The Kier molecular flexibility index (Phi) is 3.69. The standard InChI is InChI=1S/C17H15NO4S/c1-23(21,22)13-8-6-12(7-9-13)10-18-11-15(17(19)20)14-4-2-3-5-16(14)18/h2-9,11H,10H2,1H3,(H,19,20). The molecule has 3 aromatic rings. The van der Waals surface area contributed by atoms with Gasteiger partial charge in [0.15, 0.2) is 9.84 Å². The fourth-order valence-corrected chi connectivity index (χ4v) is 3.22. The third kappa shape index (κ3) is 2.98. The molecule has 0 aliphatic heterocycles. The highest BCUT2D eigenvalue weighted by Gasteiger charge is 2.14. The van der Waals surface area contributed by atoms with Crippen LogP contribution in [0.4, 0.5) is 0 Å². The molecule has 6 heteroatoms. The van der Waals surface area contributed by atoms with Crippen LogP contribution in [0.25, 0.3) is 10.9 Å². The Hall–Kier alpha value is -2.60. The van der Waals surface area contributed by atoms with Crippen molar-refractivity contribution >= 4 is 26.7 Å². The first-order valence-electron chi connectivity index (χ1n) is 6.96. The van der Waals surface area contributed by atoms with Gasteiger partial charge in [-0.25, -0.2) is 13.2 Å². The first-order chi connectivity index (χ1) is 10.9. The Morgan fingerprint density at radius 3 is 2.35 bits per heavy atom. The smallest absolute Gasteiger partial charge is 0.337 e. The summed E-state index contributed by atoms with van der Waals surface area (Å²) in [5, 5.41) is 10.00. The number of sulfone groups is 1. The van der Waals surface area contributed by atoms with E-state index in [1.54, 1.807) is 42.6 Å². The minimum absolute atomic E-state index is 0.258. The SMILES string of the molecule is CS(=O)(=O)c1ccc(Cn2cc(C(=O)O)c3ccccc32)cc1. The number of carbonyl (C=O) groups is 1. The molecule has 0 amide bonds. The molecule has 0 atom stereocenters. The maximum Gasteiger partial charge on any atom is 0.337 e. The summed E-state index contributed by atoms with van der Waals surface area (Å²) >= 11 is 0. The zero-order chi connectivity index (χ0) is 16.6. The molecule has 0 aliphatic rings. The van der Waals surface area contributed by atoms with Crippen LogP contribution in [-0.2, 0) is 16.4 Å². The number of carboxylic acid groups (broad SMARTS) is 1. The number of hydrogen-bond donors (Lipinski definition) is 1. The van der Waals surface area contributed by atoms with Crippen LogP contribution in [-0.4, -0.2) is 30.3 Å². The highest BCUT2D eigenvalue weighted by atomic mass is 32.2. The summed E-state index contributed by atoms with van der Waals surface area (Å²) in [6, 6.07) is 13.9. The molecule has 0 radical (unpaired) electrons. The van der Waals surface area contributed by atoms with Crippen LogP contribution in [0.2, 0.25) is 0 Å². The van der Waals surface area contributed by atoms with Crippen molar-refractivity contribution in [1.82, 2.24) is 4.57 Å². The van der Waals surface area contributed by atoms with Gasteiger partial charge in [-0.2, -0.15) is 0 Å². The molecule has 0 fully saturated rings. The van der Waals surface area contributed by atoms with Gasteiger partial charge in [-0.15, -0.1) is 0 Å². The summed E-state index contributed by atoms with van der Waals surface area (Å²) in [7, 11) is -3.22. The van der Waals surface area contributed by atoms with Crippen molar-refractivity contribution in [2.24, 2.45) is 0 Å². The number of nitrogens with zero attached hydrogens (tertiary/aromatic N) is 1. The lowest BCUT2D eigenvalue weighted by Crippen LogP contribution is -2.01. The molecule has 0 saturated heterocycles. The minimum Gasteiger partial charge on any atom is -0.478 e. The second-order valence-corrected chi connectivity index (χ2v) is 7.42. The summed E-state index contributed by atoms with van der Waals surface area (Å²) in [5.74, 6) is -0.965. The molecule has 1 heterocycles. The Balaban J connectivity index is 2.00. The molecule has 0 bridgehead atoms. The lowest BCUT2D eigenvalue weighted by atomic mass is 10.2. The van der Waals surface area contributed by atoms with E-state index in [2.05, 4.69) is 0 Å². The number of benzene rings is 2. The molecule has 5 nitrogen and oxygen atoms in total. The van der Waals surface area contributed by atoms with E-state index in [1.165, 1.54) is 6.26 Å². The monoisotopic (exact) mass is 329 g/mol. The summed E-state index contributed by atoms with van der Waals surface area (Å²) in [5.41, 5.74) is 1.99. The molecular weight excluding hydrogens is 314 g/mol. The molecule has 1 aromatic heterocycles. The Morgan fingerprint density at radius 1 is 1.09 bits per heavy atom. The van der Waals surface area contributed by atoms with Crippen LogP contribution >= 0.6 is 0 Å². The van der Waals surface area contributed by atoms with E-state index in [-0.39, 0.29) is 10.5 Å². The van der Waals surface area contributed by atoms with E-state index >= 15 is 0 Å². The van der Waals surface area contributed by atoms with Gasteiger partial charge in [-0.05, 0) is 23.8 Å². The molecule has 0 saturated carbocycles. The normalized spacial score (nSPS) is 11.7. The topological polar surface area (TPSA) is 76.4 Å². The second kappa shape index (κ2) is 5.55. The number of carboxylic acids is 1. The number of aromatic nitrogens is 1. The lowest BCUT2D eigenvalue weighted by Gasteiger charge is -2.06. The van der Waals surface area contributed by atoms with Gasteiger partial charge in [-0.3, -0.25) is 0 Å². The van der Waals surface area contributed by atoms with Crippen molar-refractivity contribution in [3.05, 3.63) is 65.9 Å². The van der Waals surface area contributed by atoms with Gasteiger partial charge < -0.3 is 9.67 Å². The molecule has 0 spiro atoms. The largest absolute Gasteiger partial charge is 0.478 e. The van der Waals surface area contributed by atoms with E-state index in [0.717, 1.165) is 11.1 Å². The molecule has 2 aromatic carbocycles. The van der Waals surface area contributed by atoms with Gasteiger partial charge >= 0.3 is 5.97 Å². The van der Waals surface area contributed by atoms with Crippen molar-refractivity contribution in [2.45, 2.75) is 11.4 Å². The summed E-state index contributed by atoms with van der Waals surface area (Å²) in [4.78, 5) is 11.6. The minimum atomic E-state index is -3.22. The molecule has 118 valence electrons. The van der Waals surface area contributed by atoms with Gasteiger partial charge in [0, 0.05) is 29.9 Å². The van der Waals surface area contributed by atoms with E-state index in [0.29, 0.717) is 11.9 Å². The van der Waals surface area contributed by atoms with Gasteiger partial charge in [0.25, 0.3) is 0 Å². The van der Waals surface area contributed by atoms with E-state index in [1.807, 2.05) is 16.7 Å². The van der Waals surface area contributed by atoms with Gasteiger partial charge in [0.2, 0.25) is 0 Å². The molecule has 0 aliphatic carbocycles. The molecule has 23 heavy (non-hydrogen) atoms. The van der Waals surface area contributed by atoms with E-state index < -0.39 is 15.8 Å². The van der Waals surface area contributed by atoms with Gasteiger partial charge in [0.1, 0.15) is 0 Å². The first-order valence-corrected chi connectivity index (χ1v) is 8.85. The molecule has 0 unspecified atom stereocenters. The number of hydrogen-bond acceptors (Lipinski definition) is 3. The molecule has 3 rings (SSSR count). The lowest BCUT2D eigenvalue weighted by molar-refractivity contribution is 0.0699. The number of rotatable bonds is 4. The van der Waals surface area contributed by atoms with Crippen molar-refractivity contribution in [3.63, 3.8) is 0 Å². The van der Waals surface area contributed by atoms with Crippen LogP contribution in [0.5, 0.6) is 0 Å². The molecule has 1 N–H and O–H groups in total. The van der Waals surface area contributed by atoms with Crippen LogP contribution in [0, 0.1) is 0 Å². The fraction of sp³-hybridized carbons (Fsp3) is 0.118. The van der Waals surface area contributed by atoms with Gasteiger partial charge in [-0.1, -0.05) is 30.3 Å². The maximum absolute atomic E-state index is 11.5. The number of fused-ring (bicyclic) bond motifs is 1. The van der Waals surface area contributed by atoms with Crippen LogP contribution in [0.3, 0.4) is 0 Å². The van der Waals surface area contributed by atoms with Crippen molar-refractivity contribution in [3.8, 4) is 0 Å². The number of aromatic carboxylic acids is 1. The van der Waals surface area contributed by atoms with Gasteiger partial charge in [0.05, 0.1) is 10.5 Å². The van der Waals surface area contributed by atoms with Crippen LogP contribution in [0.1, 0.15) is 15.9 Å². The highest BCUT2D eigenvalue weighted by molar-refractivity contribution is 7.90. The van der Waals surface area contributed by atoms with Crippen molar-refractivity contribution in [1.29, 1.82) is 0 Å². The molecular formula is C17H15NO4S. The predicted molar refractivity (Wildman–Crippen MR) is 87.6 cm³/mol. The first kappa shape index (κ1) is 15.3. The third-order valence-electron chi connectivity index (χ3n) is 3.72. The van der Waals surface area contributed by atoms with Crippen LogP contribution < -0.4 is 0 Å². The van der Waals surface area contributed by atoms with E-state index in [9.17, 15) is 18.3 Å². The van der Waals surface area contributed by atoms with Crippen molar-refractivity contribution in [2.75, 3.05) is 6.26 Å². The number of para-hydroxylation sites is 1. The highest BCUT2D eigenvalue weighted by Crippen LogP contribution is 2.22. The Bertz CT molecular complexity index is 985. The zero-order valence-electron chi connectivity index (χ0n) is 12.4. The average molecular weight is 329 g/mol. The maximum atomic E-state index is 11.5.